The number of anilines is 2. The lowest BCUT2D eigenvalue weighted by atomic mass is 10.2. The van der Waals surface area contributed by atoms with E-state index in [1.165, 1.54) is 37.3 Å². The van der Waals surface area contributed by atoms with Crippen LogP contribution in [0, 0.1) is 0 Å². The van der Waals surface area contributed by atoms with Gasteiger partial charge in [0.2, 0.25) is 0 Å². The number of benzene rings is 1. The molecule has 0 atom stereocenters. The van der Waals surface area contributed by atoms with Gasteiger partial charge in [0.05, 0.1) is 0 Å². The molecule has 2 rings (SSSR count). The average molecular weight is 216 g/mol. The molecule has 0 amide bonds. The quantitative estimate of drug-likeness (QED) is 0.600. The predicted molar refractivity (Wildman–Crippen MR) is 71.2 cm³/mol. The van der Waals surface area contributed by atoms with Crippen molar-refractivity contribution in [2.45, 2.75) is 19.3 Å². The van der Waals surface area contributed by atoms with Crippen molar-refractivity contribution in [2.24, 2.45) is 0 Å². The molecular weight excluding hydrogens is 196 g/mol. The van der Waals surface area contributed by atoms with Gasteiger partial charge in [-0.25, -0.2) is 0 Å². The summed E-state index contributed by atoms with van der Waals surface area (Å²) >= 11 is 0. The molecule has 86 valence electrons. The summed E-state index contributed by atoms with van der Waals surface area (Å²) in [5.41, 5.74) is 2.55. The van der Waals surface area contributed by atoms with Gasteiger partial charge in [-0.15, -0.1) is 6.58 Å². The van der Waals surface area contributed by atoms with Crippen molar-refractivity contribution in [2.75, 3.05) is 29.9 Å². The third-order valence-electron chi connectivity index (χ3n) is 3.02. The van der Waals surface area contributed by atoms with Crippen LogP contribution >= 0.6 is 0 Å². The van der Waals surface area contributed by atoms with Crippen molar-refractivity contribution in [1.29, 1.82) is 0 Å². The Kier molecular flexibility index (Phi) is 3.86. The molecule has 0 spiro atoms. The molecule has 0 aromatic heterocycles. The maximum absolute atomic E-state index is 3.71. The minimum absolute atomic E-state index is 0.965. The summed E-state index contributed by atoms with van der Waals surface area (Å²) in [6.07, 6.45) is 5.61. The highest BCUT2D eigenvalue weighted by molar-refractivity contribution is 5.55. The van der Waals surface area contributed by atoms with Crippen LogP contribution in [0.15, 0.2) is 36.9 Å². The van der Waals surface area contributed by atoms with Crippen molar-refractivity contribution >= 4 is 11.4 Å². The van der Waals surface area contributed by atoms with E-state index in [0.717, 1.165) is 13.0 Å². The standard InChI is InChI=1S/C14H20N2/c1-2-3-10-15-13-6-8-14(9-7-13)16-11-4-5-12-16/h2,6-9,15H,1,3-5,10-12H2. The Labute approximate surface area is 98.0 Å². The van der Waals surface area contributed by atoms with E-state index in [1.54, 1.807) is 0 Å². The van der Waals surface area contributed by atoms with Crippen LogP contribution < -0.4 is 10.2 Å². The SMILES string of the molecule is C=CCCNc1ccc(N2CCCC2)cc1. The summed E-state index contributed by atoms with van der Waals surface area (Å²) in [7, 11) is 0. The summed E-state index contributed by atoms with van der Waals surface area (Å²) in [6.45, 7) is 7.10. The molecule has 1 heterocycles. The van der Waals surface area contributed by atoms with E-state index in [2.05, 4.69) is 41.1 Å². The van der Waals surface area contributed by atoms with E-state index in [1.807, 2.05) is 6.08 Å². The number of nitrogens with one attached hydrogen (secondary N) is 1. The molecular formula is C14H20N2. The lowest BCUT2D eigenvalue weighted by Gasteiger charge is -2.17. The van der Waals surface area contributed by atoms with E-state index in [9.17, 15) is 0 Å². The molecule has 1 N–H and O–H groups in total. The van der Waals surface area contributed by atoms with Gasteiger partial charge >= 0.3 is 0 Å². The fourth-order valence-electron chi connectivity index (χ4n) is 2.08. The molecule has 0 aliphatic carbocycles. The molecule has 1 aliphatic rings. The minimum atomic E-state index is 0.965. The molecule has 0 radical (unpaired) electrons. The average Bonchev–Trinajstić information content (AvgIpc) is 2.84. The molecule has 0 saturated carbocycles. The first-order chi connectivity index (χ1) is 7.90. The number of hydrogen-bond acceptors (Lipinski definition) is 2. The Hall–Kier alpha value is -1.44. The van der Waals surface area contributed by atoms with Gasteiger partial charge in [0, 0.05) is 31.0 Å². The van der Waals surface area contributed by atoms with E-state index >= 15 is 0 Å². The van der Waals surface area contributed by atoms with Crippen LogP contribution in [0.25, 0.3) is 0 Å². The second-order valence-corrected chi connectivity index (χ2v) is 4.25. The van der Waals surface area contributed by atoms with Crippen molar-refractivity contribution in [3.8, 4) is 0 Å². The predicted octanol–water partition coefficient (Wildman–Crippen LogP) is 3.27. The second kappa shape index (κ2) is 5.59. The Balaban J connectivity index is 1.90. The summed E-state index contributed by atoms with van der Waals surface area (Å²) < 4.78 is 0. The highest BCUT2D eigenvalue weighted by Gasteiger charge is 2.11. The Bertz CT molecular complexity index is 323. The van der Waals surface area contributed by atoms with Crippen LogP contribution in [0.5, 0.6) is 0 Å². The molecule has 0 unspecified atom stereocenters. The third-order valence-corrected chi connectivity index (χ3v) is 3.02. The maximum atomic E-state index is 3.71. The Morgan fingerprint density at radius 1 is 1.19 bits per heavy atom. The first kappa shape index (κ1) is 11.1. The summed E-state index contributed by atoms with van der Waals surface area (Å²) in [5.74, 6) is 0. The van der Waals surface area contributed by atoms with E-state index in [-0.39, 0.29) is 0 Å². The van der Waals surface area contributed by atoms with Crippen molar-refractivity contribution in [1.82, 2.24) is 0 Å². The van der Waals surface area contributed by atoms with E-state index in [0.29, 0.717) is 0 Å². The lowest BCUT2D eigenvalue weighted by molar-refractivity contribution is 0.949. The zero-order valence-corrected chi connectivity index (χ0v) is 9.78. The van der Waals surface area contributed by atoms with Crippen LogP contribution in [0.1, 0.15) is 19.3 Å². The van der Waals surface area contributed by atoms with Crippen LogP contribution in [0.2, 0.25) is 0 Å². The van der Waals surface area contributed by atoms with Gasteiger partial charge < -0.3 is 10.2 Å². The molecule has 1 saturated heterocycles. The Morgan fingerprint density at radius 3 is 2.50 bits per heavy atom. The highest BCUT2D eigenvalue weighted by Crippen LogP contribution is 2.21. The lowest BCUT2D eigenvalue weighted by Crippen LogP contribution is -2.17. The molecule has 1 aromatic rings. The normalized spacial score (nSPS) is 15.1. The van der Waals surface area contributed by atoms with Gasteiger partial charge in [0.15, 0.2) is 0 Å². The van der Waals surface area contributed by atoms with Gasteiger partial charge in [-0.3, -0.25) is 0 Å². The largest absolute Gasteiger partial charge is 0.385 e. The van der Waals surface area contributed by atoms with Gasteiger partial charge in [-0.1, -0.05) is 6.08 Å². The number of hydrogen-bond donors (Lipinski definition) is 1. The second-order valence-electron chi connectivity index (χ2n) is 4.25. The highest BCUT2D eigenvalue weighted by atomic mass is 15.1. The molecule has 2 nitrogen and oxygen atoms in total. The molecule has 1 fully saturated rings. The summed E-state index contributed by atoms with van der Waals surface area (Å²) in [4.78, 5) is 2.45. The van der Waals surface area contributed by atoms with Crippen molar-refractivity contribution in [3.63, 3.8) is 0 Å². The molecule has 1 aromatic carbocycles. The van der Waals surface area contributed by atoms with Gasteiger partial charge in [0.25, 0.3) is 0 Å². The van der Waals surface area contributed by atoms with E-state index in [4.69, 9.17) is 0 Å². The van der Waals surface area contributed by atoms with Crippen LogP contribution in [-0.2, 0) is 0 Å². The van der Waals surface area contributed by atoms with Crippen LogP contribution in [-0.4, -0.2) is 19.6 Å². The van der Waals surface area contributed by atoms with Gasteiger partial charge in [-0.05, 0) is 43.5 Å². The summed E-state index contributed by atoms with van der Waals surface area (Å²) in [5, 5.41) is 3.37. The fourth-order valence-corrected chi connectivity index (χ4v) is 2.08. The smallest absolute Gasteiger partial charge is 0.0367 e. The zero-order chi connectivity index (χ0) is 11.2. The minimum Gasteiger partial charge on any atom is -0.385 e. The van der Waals surface area contributed by atoms with Gasteiger partial charge in [-0.2, -0.15) is 0 Å². The first-order valence-corrected chi connectivity index (χ1v) is 6.10. The van der Waals surface area contributed by atoms with Crippen molar-refractivity contribution in [3.05, 3.63) is 36.9 Å². The van der Waals surface area contributed by atoms with Crippen LogP contribution in [0.4, 0.5) is 11.4 Å². The molecule has 2 heteroatoms. The van der Waals surface area contributed by atoms with Gasteiger partial charge in [0.1, 0.15) is 0 Å². The third kappa shape index (κ3) is 2.78. The molecule has 0 bridgehead atoms. The zero-order valence-electron chi connectivity index (χ0n) is 9.78. The fraction of sp³-hybridized carbons (Fsp3) is 0.429. The molecule has 16 heavy (non-hydrogen) atoms. The number of rotatable bonds is 5. The van der Waals surface area contributed by atoms with E-state index < -0.39 is 0 Å². The topological polar surface area (TPSA) is 15.3 Å². The monoisotopic (exact) mass is 216 g/mol. The number of nitrogens with zero attached hydrogens (tertiary/aromatic N) is 1. The van der Waals surface area contributed by atoms with Crippen LogP contribution in [0.3, 0.4) is 0 Å². The maximum Gasteiger partial charge on any atom is 0.0367 e. The molecule has 1 aliphatic heterocycles. The summed E-state index contributed by atoms with van der Waals surface area (Å²) in [6, 6.07) is 8.75. The first-order valence-electron chi connectivity index (χ1n) is 6.10. The Morgan fingerprint density at radius 2 is 1.88 bits per heavy atom. The van der Waals surface area contributed by atoms with Crippen molar-refractivity contribution < 1.29 is 0 Å².